The highest BCUT2D eigenvalue weighted by Gasteiger charge is 2.24. The fourth-order valence-corrected chi connectivity index (χ4v) is 5.26. The number of aromatic nitrogens is 5. The van der Waals surface area contributed by atoms with Crippen LogP contribution in [0.15, 0.2) is 59.7 Å². The van der Waals surface area contributed by atoms with Crippen molar-refractivity contribution in [2.45, 2.75) is 32.2 Å². The van der Waals surface area contributed by atoms with E-state index in [-0.39, 0.29) is 46.8 Å². The Morgan fingerprint density at radius 2 is 2.07 bits per heavy atom. The van der Waals surface area contributed by atoms with Gasteiger partial charge in [0.2, 0.25) is 5.88 Å². The molecule has 0 bridgehead atoms. The number of carboxylic acids is 1. The lowest BCUT2D eigenvalue weighted by atomic mass is 10.2. The summed E-state index contributed by atoms with van der Waals surface area (Å²) in [5, 5.41) is 9.38. The molecular weight excluding hydrogens is 551 g/mol. The van der Waals surface area contributed by atoms with E-state index in [0.29, 0.717) is 40.7 Å². The van der Waals surface area contributed by atoms with Gasteiger partial charge in [0, 0.05) is 24.3 Å². The van der Waals surface area contributed by atoms with Crippen LogP contribution in [-0.4, -0.2) is 47.9 Å². The molecule has 1 fully saturated rings. The van der Waals surface area contributed by atoms with Gasteiger partial charge < -0.3 is 19.1 Å². The lowest BCUT2D eigenvalue weighted by Gasteiger charge is -2.27. The van der Waals surface area contributed by atoms with Crippen LogP contribution in [0.1, 0.15) is 27.5 Å². The smallest absolute Gasteiger partial charge is 0.346 e. The van der Waals surface area contributed by atoms with Crippen LogP contribution in [0.4, 0.5) is 10.1 Å². The Hall–Kier alpha value is -4.93. The maximum Gasteiger partial charge on any atom is 0.346 e. The molecule has 5 heterocycles. The Balaban J connectivity index is 1.21. The molecule has 11 nitrogen and oxygen atoms in total. The lowest BCUT2D eigenvalue weighted by Crippen LogP contribution is -2.32. The minimum Gasteiger partial charge on any atom is -0.477 e. The Labute approximate surface area is 235 Å². The minimum atomic E-state index is -1.01. The van der Waals surface area contributed by atoms with Crippen LogP contribution >= 0.6 is 11.3 Å². The molecule has 13 heteroatoms. The van der Waals surface area contributed by atoms with Crippen LogP contribution in [0.3, 0.4) is 0 Å². The second-order valence-electron chi connectivity index (χ2n) is 9.30. The molecule has 0 radical (unpaired) electrons. The van der Waals surface area contributed by atoms with Crippen LogP contribution in [0, 0.1) is 12.4 Å². The molecule has 6 rings (SSSR count). The van der Waals surface area contributed by atoms with Crippen LogP contribution < -0.4 is 10.3 Å². The summed E-state index contributed by atoms with van der Waals surface area (Å²) in [5.74, 6) is -0.728. The zero-order valence-corrected chi connectivity index (χ0v) is 22.2. The van der Waals surface area contributed by atoms with Crippen molar-refractivity contribution in [3.05, 3.63) is 98.7 Å². The number of rotatable bonds is 9. The average Bonchev–Trinajstić information content (AvgIpc) is 3.49. The number of thiophene rings is 1. The van der Waals surface area contributed by atoms with Crippen molar-refractivity contribution >= 4 is 33.3 Å². The van der Waals surface area contributed by atoms with Crippen LogP contribution in [0.5, 0.6) is 5.88 Å². The van der Waals surface area contributed by atoms with Crippen LogP contribution in [-0.2, 0) is 24.4 Å². The van der Waals surface area contributed by atoms with Gasteiger partial charge in [0.05, 0.1) is 49.0 Å². The molecule has 0 amide bonds. The number of carboxylic acid groups (broad SMARTS) is 1. The standard InChI is InChI=1S/C28H21FN6O5S/c1-30-17-6-5-16(19(29)9-17)14-40-25-4-2-3-20(32-25)21-10-26(36)34(15-31-21)13-24-33-27-22(11-23(41-27)28(37)38)35(24)12-18-7-8-39-18/h2-6,9-11,15,18H,7-8,12-14H2,(H,37,38). The molecule has 1 saturated heterocycles. The molecule has 1 aliphatic heterocycles. The molecule has 1 N–H and O–H groups in total. The Bertz CT molecular complexity index is 1890. The highest BCUT2D eigenvalue weighted by molar-refractivity contribution is 7.20. The number of pyridine rings is 1. The molecule has 41 heavy (non-hydrogen) atoms. The summed E-state index contributed by atoms with van der Waals surface area (Å²) in [6, 6.07) is 12.1. The quantitative estimate of drug-likeness (QED) is 0.256. The van der Waals surface area contributed by atoms with Crippen molar-refractivity contribution in [1.29, 1.82) is 0 Å². The Morgan fingerprint density at radius 1 is 1.22 bits per heavy atom. The topological polar surface area (TPSA) is 126 Å². The zero-order chi connectivity index (χ0) is 28.5. The molecule has 5 aromatic rings. The lowest BCUT2D eigenvalue weighted by molar-refractivity contribution is -0.0590. The minimum absolute atomic E-state index is 0.00623. The molecule has 1 aromatic carbocycles. The third-order valence-electron chi connectivity index (χ3n) is 6.64. The van der Waals surface area contributed by atoms with Crippen molar-refractivity contribution in [1.82, 2.24) is 24.1 Å². The predicted octanol–water partition coefficient (Wildman–Crippen LogP) is 4.52. The van der Waals surface area contributed by atoms with Gasteiger partial charge in [0.15, 0.2) is 5.69 Å². The largest absolute Gasteiger partial charge is 0.477 e. The van der Waals surface area contributed by atoms with Crippen molar-refractivity contribution in [3.8, 4) is 17.3 Å². The van der Waals surface area contributed by atoms with Gasteiger partial charge in [-0.25, -0.2) is 29.0 Å². The van der Waals surface area contributed by atoms with Crippen molar-refractivity contribution < 1.29 is 23.8 Å². The van der Waals surface area contributed by atoms with Gasteiger partial charge in [0.25, 0.3) is 5.56 Å². The van der Waals surface area contributed by atoms with Gasteiger partial charge in [-0.3, -0.25) is 9.36 Å². The number of fused-ring (bicyclic) bond motifs is 1. The first-order chi connectivity index (χ1) is 19.9. The van der Waals surface area contributed by atoms with Crippen molar-refractivity contribution in [3.63, 3.8) is 0 Å². The third-order valence-corrected chi connectivity index (χ3v) is 7.64. The number of hydrogen-bond acceptors (Lipinski definition) is 8. The number of nitrogens with zero attached hydrogens (tertiary/aromatic N) is 6. The number of hydrogen-bond donors (Lipinski definition) is 1. The SMILES string of the molecule is [C-]#[N+]c1ccc(COc2cccc(-c3cc(=O)n(Cc4nc5sc(C(=O)O)cc5n4CC4CCO4)cn3)n2)c(F)c1. The highest BCUT2D eigenvalue weighted by Crippen LogP contribution is 2.28. The van der Waals surface area contributed by atoms with E-state index < -0.39 is 11.8 Å². The van der Waals surface area contributed by atoms with E-state index in [1.807, 2.05) is 4.57 Å². The maximum atomic E-state index is 14.2. The average molecular weight is 573 g/mol. The molecule has 1 unspecified atom stereocenters. The summed E-state index contributed by atoms with van der Waals surface area (Å²) in [5.41, 5.74) is 1.60. The molecule has 1 aliphatic rings. The third kappa shape index (κ3) is 5.43. The van der Waals surface area contributed by atoms with Gasteiger partial charge in [-0.2, -0.15) is 0 Å². The number of aromatic carboxylic acids is 1. The number of halogens is 1. The van der Waals surface area contributed by atoms with E-state index in [1.165, 1.54) is 29.1 Å². The van der Waals surface area contributed by atoms with Gasteiger partial charge in [-0.15, -0.1) is 11.3 Å². The number of imidazole rings is 1. The fraction of sp³-hybridized carbons (Fsp3) is 0.214. The maximum absolute atomic E-state index is 14.2. The van der Waals surface area contributed by atoms with E-state index in [4.69, 9.17) is 16.0 Å². The van der Waals surface area contributed by atoms with Crippen LogP contribution in [0.2, 0.25) is 0 Å². The van der Waals surface area contributed by atoms with Gasteiger partial charge >= 0.3 is 5.97 Å². The van der Waals surface area contributed by atoms with E-state index in [9.17, 15) is 19.1 Å². The normalized spacial score (nSPS) is 14.5. The first-order valence-electron chi connectivity index (χ1n) is 12.5. The van der Waals surface area contributed by atoms with E-state index in [2.05, 4.69) is 19.8 Å². The Morgan fingerprint density at radius 3 is 2.78 bits per heavy atom. The fourth-order valence-electron chi connectivity index (χ4n) is 4.37. The van der Waals surface area contributed by atoms with Gasteiger partial charge in [0.1, 0.15) is 28.0 Å². The van der Waals surface area contributed by atoms with Gasteiger partial charge in [-0.1, -0.05) is 18.2 Å². The molecule has 0 saturated carbocycles. The molecule has 0 spiro atoms. The van der Waals surface area contributed by atoms with Crippen molar-refractivity contribution in [2.75, 3.05) is 6.61 Å². The first-order valence-corrected chi connectivity index (χ1v) is 13.4. The molecule has 4 aromatic heterocycles. The summed E-state index contributed by atoms with van der Waals surface area (Å²) in [6.45, 7) is 8.22. The molecular formula is C28H21FN6O5S. The Kier molecular flexibility index (Phi) is 7.00. The van der Waals surface area contributed by atoms with Crippen LogP contribution in [0.25, 0.3) is 26.6 Å². The number of carbonyl (C=O) groups is 1. The van der Waals surface area contributed by atoms with Gasteiger partial charge in [-0.05, 0) is 24.6 Å². The number of benzene rings is 1. The summed E-state index contributed by atoms with van der Waals surface area (Å²) in [6.07, 6.45) is 2.31. The predicted molar refractivity (Wildman–Crippen MR) is 147 cm³/mol. The zero-order valence-electron chi connectivity index (χ0n) is 21.4. The summed E-state index contributed by atoms with van der Waals surface area (Å²) >= 11 is 1.09. The first kappa shape index (κ1) is 26.3. The molecule has 206 valence electrons. The second kappa shape index (κ2) is 10.9. The number of ether oxygens (including phenoxy) is 2. The van der Waals surface area contributed by atoms with E-state index in [1.54, 1.807) is 24.3 Å². The monoisotopic (exact) mass is 572 g/mol. The summed E-state index contributed by atoms with van der Waals surface area (Å²) < 4.78 is 28.7. The van der Waals surface area contributed by atoms with E-state index >= 15 is 0 Å². The van der Waals surface area contributed by atoms with Crippen molar-refractivity contribution in [2.24, 2.45) is 0 Å². The van der Waals surface area contributed by atoms with E-state index in [0.717, 1.165) is 23.8 Å². The summed E-state index contributed by atoms with van der Waals surface area (Å²) in [7, 11) is 0. The molecule has 1 atom stereocenters. The molecule has 0 aliphatic carbocycles. The second-order valence-corrected chi connectivity index (χ2v) is 10.3. The highest BCUT2D eigenvalue weighted by atomic mass is 32.1. The summed E-state index contributed by atoms with van der Waals surface area (Å²) in [4.78, 5) is 41.9.